The van der Waals surface area contributed by atoms with E-state index in [1.807, 2.05) is 6.92 Å². The van der Waals surface area contributed by atoms with Gasteiger partial charge in [-0.25, -0.2) is 9.07 Å². The summed E-state index contributed by atoms with van der Waals surface area (Å²) in [5.41, 5.74) is -1.96. The summed E-state index contributed by atoms with van der Waals surface area (Å²) in [4.78, 5) is 19.4. The van der Waals surface area contributed by atoms with Gasteiger partial charge in [0.05, 0.1) is 29.1 Å². The zero-order chi connectivity index (χ0) is 32.4. The van der Waals surface area contributed by atoms with Gasteiger partial charge in [-0.05, 0) is 69.2 Å². The molecule has 240 valence electrons. The van der Waals surface area contributed by atoms with Crippen molar-refractivity contribution in [1.82, 2.24) is 19.6 Å². The van der Waals surface area contributed by atoms with Gasteiger partial charge in [0, 0.05) is 49.9 Å². The minimum atomic E-state index is -5.08. The Balaban J connectivity index is 1.81. The monoisotopic (exact) mass is 627 g/mol. The number of aryl methyl sites for hydroxylation is 1. The van der Waals surface area contributed by atoms with E-state index in [1.54, 1.807) is 23.7 Å². The molecule has 2 aromatic carbocycles. The number of nitrogens with zero attached hydrogens (tertiary/aromatic N) is 5. The molecule has 4 rings (SSSR count). The minimum absolute atomic E-state index is 0.0117. The molecule has 6 nitrogen and oxygen atoms in total. The minimum Gasteiger partial charge on any atom is -0.354 e. The van der Waals surface area contributed by atoms with Crippen molar-refractivity contribution in [2.45, 2.75) is 65.5 Å². The summed E-state index contributed by atoms with van der Waals surface area (Å²) in [7, 11) is 0. The van der Waals surface area contributed by atoms with Crippen LogP contribution in [0.3, 0.4) is 0 Å². The lowest BCUT2D eigenvalue weighted by atomic mass is 10.0. The number of benzene rings is 2. The van der Waals surface area contributed by atoms with Gasteiger partial charge in [-0.15, -0.1) is 0 Å². The van der Waals surface area contributed by atoms with Gasteiger partial charge in [0.2, 0.25) is 0 Å². The number of piperazine rings is 1. The molecular weight excluding hydrogens is 591 g/mol. The smallest absolute Gasteiger partial charge is 0.354 e. The van der Waals surface area contributed by atoms with Crippen LogP contribution in [0.2, 0.25) is 0 Å². The molecule has 1 fully saturated rings. The number of anilines is 1. The van der Waals surface area contributed by atoms with Gasteiger partial charge >= 0.3 is 12.4 Å². The number of aromatic nitrogens is 2. The van der Waals surface area contributed by atoms with E-state index in [9.17, 15) is 35.5 Å². The van der Waals surface area contributed by atoms with Gasteiger partial charge in [0.15, 0.2) is 0 Å². The lowest BCUT2D eigenvalue weighted by Crippen LogP contribution is -2.49. The van der Waals surface area contributed by atoms with Crippen molar-refractivity contribution in [1.29, 1.82) is 0 Å². The quantitative estimate of drug-likeness (QED) is 0.236. The van der Waals surface area contributed by atoms with Crippen LogP contribution in [0.15, 0.2) is 42.5 Å². The number of carbonyl (C=O) groups excluding carboxylic acids is 1. The molecule has 0 N–H and O–H groups in total. The number of hydrogen-bond donors (Lipinski definition) is 0. The predicted octanol–water partition coefficient (Wildman–Crippen LogP) is 7.19. The lowest BCUT2D eigenvalue weighted by Gasteiger charge is -2.38. The van der Waals surface area contributed by atoms with Crippen LogP contribution in [-0.2, 0) is 25.3 Å². The highest BCUT2D eigenvalue weighted by Gasteiger charge is 2.38. The Kier molecular flexibility index (Phi) is 9.96. The molecule has 0 spiro atoms. The van der Waals surface area contributed by atoms with E-state index in [1.165, 1.54) is 17.0 Å². The maximum absolute atomic E-state index is 13.8. The van der Waals surface area contributed by atoms with E-state index in [2.05, 4.69) is 23.6 Å². The first kappa shape index (κ1) is 33.3. The number of hydrogen-bond acceptors (Lipinski definition) is 4. The summed E-state index contributed by atoms with van der Waals surface area (Å²) in [6, 6.07) is 7.05. The summed E-state index contributed by atoms with van der Waals surface area (Å²) < 4.78 is 97.0. The Labute approximate surface area is 252 Å². The normalized spacial score (nSPS) is 14.9. The Morgan fingerprint density at radius 1 is 0.909 bits per heavy atom. The fourth-order valence-corrected chi connectivity index (χ4v) is 5.44. The van der Waals surface area contributed by atoms with E-state index >= 15 is 0 Å². The maximum atomic E-state index is 13.8. The van der Waals surface area contributed by atoms with Crippen molar-refractivity contribution in [3.8, 4) is 5.69 Å². The van der Waals surface area contributed by atoms with Gasteiger partial charge in [0.25, 0.3) is 5.91 Å². The molecule has 0 aliphatic carbocycles. The number of rotatable bonds is 9. The highest BCUT2D eigenvalue weighted by Crippen LogP contribution is 2.37. The summed E-state index contributed by atoms with van der Waals surface area (Å²) in [5.74, 6) is -0.718. The summed E-state index contributed by atoms with van der Waals surface area (Å²) in [6.07, 6.45) is -9.31. The van der Waals surface area contributed by atoms with Gasteiger partial charge in [-0.1, -0.05) is 13.8 Å². The Morgan fingerprint density at radius 2 is 1.48 bits per heavy atom. The van der Waals surface area contributed by atoms with Gasteiger partial charge in [0.1, 0.15) is 11.6 Å². The van der Waals surface area contributed by atoms with Crippen LogP contribution >= 0.6 is 0 Å². The first-order chi connectivity index (χ1) is 20.6. The number of alkyl halides is 6. The van der Waals surface area contributed by atoms with E-state index in [-0.39, 0.29) is 19.2 Å². The predicted molar refractivity (Wildman–Crippen MR) is 153 cm³/mol. The molecule has 3 aromatic rings. The van der Waals surface area contributed by atoms with Crippen LogP contribution in [0.5, 0.6) is 0 Å². The molecule has 1 amide bonds. The number of halogens is 7. The van der Waals surface area contributed by atoms with E-state index in [0.717, 1.165) is 13.1 Å². The first-order valence-corrected chi connectivity index (χ1v) is 14.6. The molecular formula is C31H36F7N5O. The fourth-order valence-electron chi connectivity index (χ4n) is 5.44. The molecule has 0 atom stereocenters. The third-order valence-electron chi connectivity index (χ3n) is 7.75. The topological polar surface area (TPSA) is 44.6 Å². The van der Waals surface area contributed by atoms with Gasteiger partial charge in [-0.2, -0.15) is 31.4 Å². The van der Waals surface area contributed by atoms with Crippen LogP contribution in [0.4, 0.5) is 36.6 Å². The SMILES string of the molecule is CCCN(Cc1c(CC)nn(-c2ccc(F)cc2)c1N1CCN(C(C)C)CC1)C(=O)c1cc(C(F)(F)F)cc(C(F)(F)F)c1. The Hall–Kier alpha value is -3.61. The van der Waals surface area contributed by atoms with E-state index in [4.69, 9.17) is 5.10 Å². The molecule has 1 aromatic heterocycles. The van der Waals surface area contributed by atoms with Crippen LogP contribution in [0.1, 0.15) is 66.9 Å². The molecule has 13 heteroatoms. The van der Waals surface area contributed by atoms with Crippen LogP contribution in [0, 0.1) is 5.82 Å². The molecule has 1 aliphatic heterocycles. The van der Waals surface area contributed by atoms with Crippen molar-refractivity contribution in [3.05, 3.63) is 76.2 Å². The highest BCUT2D eigenvalue weighted by molar-refractivity contribution is 5.94. The van der Waals surface area contributed by atoms with Crippen LogP contribution in [0.25, 0.3) is 5.69 Å². The summed E-state index contributed by atoms with van der Waals surface area (Å²) in [6.45, 7) is 10.6. The van der Waals surface area contributed by atoms with Crippen LogP contribution in [-0.4, -0.2) is 64.3 Å². The third-order valence-corrected chi connectivity index (χ3v) is 7.75. The summed E-state index contributed by atoms with van der Waals surface area (Å²) in [5, 5.41) is 4.80. The molecule has 0 radical (unpaired) electrons. The van der Waals surface area contributed by atoms with Crippen molar-refractivity contribution in [2.75, 3.05) is 37.6 Å². The second kappa shape index (κ2) is 13.2. The first-order valence-electron chi connectivity index (χ1n) is 14.6. The maximum Gasteiger partial charge on any atom is 0.416 e. The highest BCUT2D eigenvalue weighted by atomic mass is 19.4. The largest absolute Gasteiger partial charge is 0.416 e. The van der Waals surface area contributed by atoms with Gasteiger partial charge in [-0.3, -0.25) is 9.69 Å². The molecule has 0 saturated carbocycles. The molecule has 0 bridgehead atoms. The molecule has 0 unspecified atom stereocenters. The second-order valence-electron chi connectivity index (χ2n) is 11.1. The lowest BCUT2D eigenvalue weighted by molar-refractivity contribution is -0.143. The fraction of sp³-hybridized carbons (Fsp3) is 0.484. The van der Waals surface area contributed by atoms with E-state index < -0.39 is 40.8 Å². The summed E-state index contributed by atoms with van der Waals surface area (Å²) >= 11 is 0. The van der Waals surface area contributed by atoms with Crippen molar-refractivity contribution in [3.63, 3.8) is 0 Å². The van der Waals surface area contributed by atoms with Crippen molar-refractivity contribution < 1.29 is 35.5 Å². The molecule has 1 aliphatic rings. The van der Waals surface area contributed by atoms with Crippen LogP contribution < -0.4 is 4.90 Å². The van der Waals surface area contributed by atoms with Gasteiger partial charge < -0.3 is 9.80 Å². The van der Waals surface area contributed by atoms with E-state index in [0.29, 0.717) is 66.9 Å². The molecule has 44 heavy (non-hydrogen) atoms. The van der Waals surface area contributed by atoms with Crippen molar-refractivity contribution in [2.24, 2.45) is 0 Å². The molecule has 1 saturated heterocycles. The number of amides is 1. The Bertz CT molecular complexity index is 1410. The average molecular weight is 628 g/mol. The standard InChI is InChI=1S/C31H36F7N5O/c1-5-11-42(29(44)21-16-22(30(33,34)35)18-23(17-21)31(36,37)38)19-26-27(6-2)39-43(25-9-7-24(32)8-10-25)28(26)41-14-12-40(13-15-41)20(3)4/h7-10,16-18,20H,5-6,11-15,19H2,1-4H3. The molecule has 2 heterocycles. The second-order valence-corrected chi connectivity index (χ2v) is 11.1. The third kappa shape index (κ3) is 7.36. The van der Waals surface area contributed by atoms with Crippen molar-refractivity contribution >= 4 is 11.7 Å². The Morgan fingerprint density at radius 3 is 1.95 bits per heavy atom. The average Bonchev–Trinajstić information content (AvgIpc) is 3.33. The zero-order valence-corrected chi connectivity index (χ0v) is 25.1. The number of carbonyl (C=O) groups is 1. The zero-order valence-electron chi connectivity index (χ0n) is 25.1.